The second kappa shape index (κ2) is 4.99. The van der Waals surface area contributed by atoms with Gasteiger partial charge < -0.3 is 14.8 Å². The van der Waals surface area contributed by atoms with Gasteiger partial charge >= 0.3 is 0 Å². The Bertz CT molecular complexity index is 457. The van der Waals surface area contributed by atoms with Crippen LogP contribution in [-0.2, 0) is 4.79 Å². The predicted octanol–water partition coefficient (Wildman–Crippen LogP) is -0.172. The number of aromatic nitrogens is 2. The van der Waals surface area contributed by atoms with E-state index >= 15 is 0 Å². The molecule has 6 nitrogen and oxygen atoms in total. The largest absolute Gasteiger partial charge is 0.355 e. The summed E-state index contributed by atoms with van der Waals surface area (Å²) >= 11 is 0. The van der Waals surface area contributed by atoms with E-state index in [2.05, 4.69) is 9.97 Å². The smallest absolute Gasteiger partial charge is 0.252 e. The van der Waals surface area contributed by atoms with Crippen LogP contribution in [0.3, 0.4) is 0 Å². The molecule has 0 spiro atoms. The molecule has 1 N–H and O–H groups in total. The lowest BCUT2D eigenvalue weighted by molar-refractivity contribution is -0.128. The number of aromatic amines is 1. The van der Waals surface area contributed by atoms with Crippen molar-refractivity contribution < 1.29 is 4.79 Å². The van der Waals surface area contributed by atoms with Crippen LogP contribution in [0.2, 0.25) is 0 Å². The summed E-state index contributed by atoms with van der Waals surface area (Å²) in [6.07, 6.45) is 2.30. The summed E-state index contributed by atoms with van der Waals surface area (Å²) in [5.41, 5.74) is -0.150. The molecule has 1 aliphatic rings. The van der Waals surface area contributed by atoms with Crippen LogP contribution in [0.4, 0.5) is 5.82 Å². The van der Waals surface area contributed by atoms with E-state index in [0.717, 1.165) is 26.1 Å². The van der Waals surface area contributed by atoms with Gasteiger partial charge in [0.15, 0.2) is 0 Å². The SMILES string of the molecule is CC(=O)N1CCCN(c2cc(=O)[nH]cn2)CC1. The van der Waals surface area contributed by atoms with E-state index in [9.17, 15) is 9.59 Å². The Labute approximate surface area is 99.3 Å². The second-order valence-electron chi connectivity index (χ2n) is 4.12. The highest BCUT2D eigenvalue weighted by Crippen LogP contribution is 2.10. The molecule has 0 aromatic carbocycles. The fourth-order valence-electron chi connectivity index (χ4n) is 1.99. The number of nitrogens with zero attached hydrogens (tertiary/aromatic N) is 3. The zero-order valence-electron chi connectivity index (χ0n) is 9.85. The number of H-pyrrole nitrogens is 1. The monoisotopic (exact) mass is 236 g/mol. The highest BCUT2D eigenvalue weighted by molar-refractivity contribution is 5.73. The highest BCUT2D eigenvalue weighted by Gasteiger charge is 2.17. The van der Waals surface area contributed by atoms with Gasteiger partial charge in [-0.05, 0) is 6.42 Å². The molecule has 0 unspecified atom stereocenters. The van der Waals surface area contributed by atoms with Gasteiger partial charge in [-0.1, -0.05) is 0 Å². The first-order valence-electron chi connectivity index (χ1n) is 5.72. The fourth-order valence-corrected chi connectivity index (χ4v) is 1.99. The maximum Gasteiger partial charge on any atom is 0.252 e. The molecule has 92 valence electrons. The summed E-state index contributed by atoms with van der Waals surface area (Å²) in [6.45, 7) is 4.58. The lowest BCUT2D eigenvalue weighted by Crippen LogP contribution is -2.34. The Morgan fingerprint density at radius 2 is 2.18 bits per heavy atom. The van der Waals surface area contributed by atoms with Crippen molar-refractivity contribution in [2.45, 2.75) is 13.3 Å². The van der Waals surface area contributed by atoms with Crippen molar-refractivity contribution >= 4 is 11.7 Å². The van der Waals surface area contributed by atoms with Gasteiger partial charge in [0.2, 0.25) is 5.91 Å². The zero-order chi connectivity index (χ0) is 12.3. The third-order valence-electron chi connectivity index (χ3n) is 2.93. The molecular weight excluding hydrogens is 220 g/mol. The molecule has 1 aromatic rings. The zero-order valence-corrected chi connectivity index (χ0v) is 9.85. The summed E-state index contributed by atoms with van der Waals surface area (Å²) in [7, 11) is 0. The molecule has 1 amide bonds. The quantitative estimate of drug-likeness (QED) is 0.735. The molecule has 6 heteroatoms. The molecule has 1 aromatic heterocycles. The van der Waals surface area contributed by atoms with Crippen molar-refractivity contribution in [1.29, 1.82) is 0 Å². The average molecular weight is 236 g/mol. The fraction of sp³-hybridized carbons (Fsp3) is 0.545. The van der Waals surface area contributed by atoms with Gasteiger partial charge in [0.25, 0.3) is 5.56 Å². The van der Waals surface area contributed by atoms with Gasteiger partial charge in [-0.2, -0.15) is 0 Å². The van der Waals surface area contributed by atoms with Gasteiger partial charge in [-0.3, -0.25) is 9.59 Å². The Morgan fingerprint density at radius 3 is 2.88 bits per heavy atom. The van der Waals surface area contributed by atoms with Crippen molar-refractivity contribution in [1.82, 2.24) is 14.9 Å². The number of nitrogens with one attached hydrogen (secondary N) is 1. The van der Waals surface area contributed by atoms with Crippen LogP contribution in [0.25, 0.3) is 0 Å². The van der Waals surface area contributed by atoms with Crippen molar-refractivity contribution in [2.75, 3.05) is 31.1 Å². The first-order valence-corrected chi connectivity index (χ1v) is 5.72. The highest BCUT2D eigenvalue weighted by atomic mass is 16.2. The van der Waals surface area contributed by atoms with E-state index in [-0.39, 0.29) is 11.5 Å². The third-order valence-corrected chi connectivity index (χ3v) is 2.93. The standard InChI is InChI=1S/C11H16N4O2/c1-9(16)14-3-2-4-15(6-5-14)10-7-11(17)13-8-12-10/h7-8H,2-6H2,1H3,(H,12,13,17). The molecule has 0 bridgehead atoms. The van der Waals surface area contributed by atoms with E-state index in [1.165, 1.54) is 12.4 Å². The number of rotatable bonds is 1. The van der Waals surface area contributed by atoms with Crippen LogP contribution in [0.5, 0.6) is 0 Å². The molecule has 0 saturated carbocycles. The van der Waals surface area contributed by atoms with E-state index in [0.29, 0.717) is 12.4 Å². The first kappa shape index (κ1) is 11.6. The van der Waals surface area contributed by atoms with Crippen LogP contribution < -0.4 is 10.5 Å². The van der Waals surface area contributed by atoms with Crippen molar-refractivity contribution in [3.05, 3.63) is 22.7 Å². The van der Waals surface area contributed by atoms with Gasteiger partial charge in [0.1, 0.15) is 5.82 Å². The van der Waals surface area contributed by atoms with Crippen LogP contribution in [0, 0.1) is 0 Å². The van der Waals surface area contributed by atoms with Crippen molar-refractivity contribution in [3.63, 3.8) is 0 Å². The Kier molecular flexibility index (Phi) is 3.41. The van der Waals surface area contributed by atoms with Gasteiger partial charge in [0, 0.05) is 39.2 Å². The Morgan fingerprint density at radius 1 is 1.35 bits per heavy atom. The minimum absolute atomic E-state index is 0.103. The number of carbonyl (C=O) groups is 1. The first-order chi connectivity index (χ1) is 8.16. The maximum atomic E-state index is 11.3. The minimum Gasteiger partial charge on any atom is -0.355 e. The number of hydrogen-bond donors (Lipinski definition) is 1. The molecule has 2 heterocycles. The molecule has 0 aliphatic carbocycles. The number of amides is 1. The molecule has 17 heavy (non-hydrogen) atoms. The Balaban J connectivity index is 2.09. The van der Waals surface area contributed by atoms with E-state index in [1.54, 1.807) is 6.92 Å². The molecule has 2 rings (SSSR count). The third kappa shape index (κ3) is 2.83. The predicted molar refractivity (Wildman–Crippen MR) is 63.9 cm³/mol. The number of carbonyl (C=O) groups excluding carboxylic acids is 1. The molecule has 0 radical (unpaired) electrons. The molecular formula is C11H16N4O2. The number of hydrogen-bond acceptors (Lipinski definition) is 4. The van der Waals surface area contributed by atoms with E-state index < -0.39 is 0 Å². The lowest BCUT2D eigenvalue weighted by Gasteiger charge is -2.21. The normalized spacial score (nSPS) is 16.8. The summed E-state index contributed by atoms with van der Waals surface area (Å²) in [5.74, 6) is 0.782. The molecule has 0 atom stereocenters. The van der Waals surface area contributed by atoms with Crippen LogP contribution in [-0.4, -0.2) is 47.0 Å². The molecule has 1 fully saturated rings. The summed E-state index contributed by atoms with van der Waals surface area (Å²) in [4.78, 5) is 33.0. The van der Waals surface area contributed by atoms with E-state index in [4.69, 9.17) is 0 Å². The Hall–Kier alpha value is -1.85. The van der Waals surface area contributed by atoms with Crippen molar-refractivity contribution in [3.8, 4) is 0 Å². The average Bonchev–Trinajstić information content (AvgIpc) is 2.54. The van der Waals surface area contributed by atoms with Crippen LogP contribution >= 0.6 is 0 Å². The topological polar surface area (TPSA) is 69.3 Å². The minimum atomic E-state index is -0.150. The molecule has 1 saturated heterocycles. The maximum absolute atomic E-state index is 11.3. The van der Waals surface area contributed by atoms with E-state index in [1.807, 2.05) is 9.80 Å². The summed E-state index contributed by atoms with van der Waals surface area (Å²) in [5, 5.41) is 0. The van der Waals surface area contributed by atoms with Gasteiger partial charge in [0.05, 0.1) is 6.33 Å². The van der Waals surface area contributed by atoms with Gasteiger partial charge in [-0.25, -0.2) is 4.98 Å². The lowest BCUT2D eigenvalue weighted by atomic mass is 10.3. The van der Waals surface area contributed by atoms with Crippen molar-refractivity contribution in [2.24, 2.45) is 0 Å². The summed E-state index contributed by atoms with van der Waals surface area (Å²) in [6, 6.07) is 1.49. The molecule has 1 aliphatic heterocycles. The van der Waals surface area contributed by atoms with Crippen LogP contribution in [0.15, 0.2) is 17.2 Å². The van der Waals surface area contributed by atoms with Gasteiger partial charge in [-0.15, -0.1) is 0 Å². The second-order valence-corrected chi connectivity index (χ2v) is 4.12. The van der Waals surface area contributed by atoms with Crippen LogP contribution in [0.1, 0.15) is 13.3 Å². The number of anilines is 1. The summed E-state index contributed by atoms with van der Waals surface area (Å²) < 4.78 is 0.